The van der Waals surface area contributed by atoms with E-state index in [-0.39, 0.29) is 48.7 Å². The van der Waals surface area contributed by atoms with Crippen LogP contribution in [-0.4, -0.2) is 93.0 Å². The molecule has 4 rings (SSSR count). The van der Waals surface area contributed by atoms with Crippen LogP contribution in [0.3, 0.4) is 0 Å². The summed E-state index contributed by atoms with van der Waals surface area (Å²) in [6.07, 6.45) is 3.12. The van der Waals surface area contributed by atoms with Gasteiger partial charge in [0.15, 0.2) is 0 Å². The van der Waals surface area contributed by atoms with Crippen molar-refractivity contribution in [2.75, 3.05) is 19.7 Å². The fourth-order valence-corrected chi connectivity index (χ4v) is 7.80. The molecule has 0 saturated carbocycles. The standard InChI is InChI=1S/C33H44BrN3O7/c1-6-8-14-25(39)35-17-21(5)43-32(42)26-27-30(40)37(24(19-38)20(3)4)29(33(27)16-23(34)28(26)44-33)31(41)36(15-7-2)18-22-12-10-9-11-13-22/h6-7,9-13,20-21,23-24,26-29,38H,1-2,8,14-19H2,3-5H3,(H,35,39)/t21-,23?,24-,26-,27+,28-,29-,33+/m0/s1. The number of likely N-dealkylation sites (tertiary alicyclic amines) is 1. The summed E-state index contributed by atoms with van der Waals surface area (Å²) in [5, 5.41) is 13.2. The molecule has 3 aliphatic heterocycles. The minimum atomic E-state index is -1.29. The van der Waals surface area contributed by atoms with Crippen LogP contribution in [0.25, 0.3) is 0 Å². The minimum absolute atomic E-state index is 0.116. The highest BCUT2D eigenvalue weighted by Gasteiger charge is 2.77. The maximum Gasteiger partial charge on any atom is 0.312 e. The van der Waals surface area contributed by atoms with Crippen molar-refractivity contribution >= 4 is 39.6 Å². The molecule has 240 valence electrons. The van der Waals surface area contributed by atoms with Crippen LogP contribution in [-0.2, 0) is 35.2 Å². The number of amides is 3. The van der Waals surface area contributed by atoms with Gasteiger partial charge < -0.3 is 29.7 Å². The van der Waals surface area contributed by atoms with Gasteiger partial charge in [0.25, 0.3) is 0 Å². The Hall–Kier alpha value is -3.02. The molecule has 3 aliphatic rings. The number of carbonyl (C=O) groups is 4. The number of allylic oxidation sites excluding steroid dienone is 1. The van der Waals surface area contributed by atoms with Gasteiger partial charge in [0.2, 0.25) is 17.7 Å². The fraction of sp³-hybridized carbons (Fsp3) is 0.576. The number of hydrogen-bond acceptors (Lipinski definition) is 7. The normalized spacial score (nSPS) is 28.4. The van der Waals surface area contributed by atoms with E-state index in [2.05, 4.69) is 34.4 Å². The molecule has 10 nitrogen and oxygen atoms in total. The van der Waals surface area contributed by atoms with Crippen LogP contribution in [0.4, 0.5) is 0 Å². The Morgan fingerprint density at radius 2 is 1.93 bits per heavy atom. The predicted molar refractivity (Wildman–Crippen MR) is 168 cm³/mol. The zero-order chi connectivity index (χ0) is 32.2. The molecule has 3 amide bonds. The number of rotatable bonds is 15. The first-order valence-electron chi connectivity index (χ1n) is 15.3. The third-order valence-corrected chi connectivity index (χ3v) is 9.75. The molecule has 11 heteroatoms. The van der Waals surface area contributed by atoms with Crippen LogP contribution in [0.2, 0.25) is 0 Å². The molecule has 1 unspecified atom stereocenters. The molecule has 1 spiro atoms. The van der Waals surface area contributed by atoms with Crippen molar-refractivity contribution in [3.63, 3.8) is 0 Å². The van der Waals surface area contributed by atoms with Gasteiger partial charge in [0.05, 0.1) is 37.1 Å². The van der Waals surface area contributed by atoms with Crippen molar-refractivity contribution in [2.24, 2.45) is 17.8 Å². The Balaban J connectivity index is 1.66. The lowest BCUT2D eigenvalue weighted by Gasteiger charge is -2.40. The molecule has 3 saturated heterocycles. The molecule has 2 N–H and O–H groups in total. The summed E-state index contributed by atoms with van der Waals surface area (Å²) in [4.78, 5) is 57.6. The summed E-state index contributed by atoms with van der Waals surface area (Å²) < 4.78 is 12.4. The number of aliphatic hydroxyl groups excluding tert-OH is 1. The monoisotopic (exact) mass is 673 g/mol. The van der Waals surface area contributed by atoms with Crippen LogP contribution < -0.4 is 5.32 Å². The lowest BCUT2D eigenvalue weighted by Crippen LogP contribution is -2.59. The molecule has 3 heterocycles. The number of halogens is 1. The van der Waals surface area contributed by atoms with Gasteiger partial charge in [-0.25, -0.2) is 0 Å². The summed E-state index contributed by atoms with van der Waals surface area (Å²) in [6.45, 7) is 13.2. The molecule has 8 atom stereocenters. The van der Waals surface area contributed by atoms with Crippen LogP contribution >= 0.6 is 15.9 Å². The van der Waals surface area contributed by atoms with Crippen molar-refractivity contribution in [1.82, 2.24) is 15.1 Å². The van der Waals surface area contributed by atoms with E-state index in [0.717, 1.165) is 5.56 Å². The number of aliphatic hydroxyl groups is 1. The maximum atomic E-state index is 14.6. The van der Waals surface area contributed by atoms with Gasteiger partial charge in [-0.2, -0.15) is 0 Å². The predicted octanol–water partition coefficient (Wildman–Crippen LogP) is 2.98. The van der Waals surface area contributed by atoms with Crippen molar-refractivity contribution in [1.29, 1.82) is 0 Å². The fourth-order valence-electron chi connectivity index (χ4n) is 6.86. The first-order valence-corrected chi connectivity index (χ1v) is 16.2. The van der Waals surface area contributed by atoms with Crippen LogP contribution in [0, 0.1) is 17.8 Å². The average molecular weight is 675 g/mol. The number of nitrogens with zero attached hydrogens (tertiary/aromatic N) is 2. The topological polar surface area (TPSA) is 125 Å². The molecular weight excluding hydrogens is 630 g/mol. The first kappa shape index (κ1) is 33.9. The molecule has 2 bridgehead atoms. The summed E-state index contributed by atoms with van der Waals surface area (Å²) in [6, 6.07) is 7.81. The van der Waals surface area contributed by atoms with Crippen molar-refractivity contribution in [2.45, 2.75) is 81.3 Å². The molecule has 0 aromatic heterocycles. The Morgan fingerprint density at radius 1 is 1.23 bits per heavy atom. The maximum absolute atomic E-state index is 14.6. The summed E-state index contributed by atoms with van der Waals surface area (Å²) >= 11 is 3.68. The van der Waals surface area contributed by atoms with Gasteiger partial charge in [0.1, 0.15) is 17.7 Å². The Bertz CT molecular complexity index is 1240. The van der Waals surface area contributed by atoms with Crippen LogP contribution in [0.5, 0.6) is 0 Å². The van der Waals surface area contributed by atoms with Crippen molar-refractivity contribution in [3.05, 3.63) is 61.2 Å². The number of carbonyl (C=O) groups excluding carboxylic acids is 4. The highest BCUT2D eigenvalue weighted by Crippen LogP contribution is 2.61. The number of ether oxygens (including phenoxy) is 2. The second-order valence-corrected chi connectivity index (χ2v) is 13.5. The molecule has 1 aromatic carbocycles. The van der Waals surface area contributed by atoms with Gasteiger partial charge in [-0.15, -0.1) is 13.2 Å². The lowest BCUT2D eigenvalue weighted by atomic mass is 9.70. The molecule has 0 radical (unpaired) electrons. The van der Waals surface area contributed by atoms with E-state index in [1.165, 1.54) is 4.90 Å². The number of benzene rings is 1. The Morgan fingerprint density at radius 3 is 2.55 bits per heavy atom. The summed E-state index contributed by atoms with van der Waals surface area (Å²) in [7, 11) is 0. The van der Waals surface area contributed by atoms with E-state index in [0.29, 0.717) is 19.4 Å². The Kier molecular flexibility index (Phi) is 11.1. The van der Waals surface area contributed by atoms with Gasteiger partial charge in [0, 0.05) is 24.3 Å². The molecule has 0 aliphatic carbocycles. The Labute approximate surface area is 267 Å². The van der Waals surface area contributed by atoms with Crippen LogP contribution in [0.15, 0.2) is 55.6 Å². The van der Waals surface area contributed by atoms with E-state index < -0.39 is 53.6 Å². The number of hydrogen-bond donors (Lipinski definition) is 2. The zero-order valence-corrected chi connectivity index (χ0v) is 27.3. The van der Waals surface area contributed by atoms with E-state index >= 15 is 0 Å². The highest BCUT2D eigenvalue weighted by molar-refractivity contribution is 9.09. The third kappa shape index (κ3) is 6.50. The summed E-state index contributed by atoms with van der Waals surface area (Å²) in [5.41, 5.74) is -0.380. The third-order valence-electron chi connectivity index (χ3n) is 8.90. The van der Waals surface area contributed by atoms with E-state index in [1.807, 2.05) is 44.2 Å². The van der Waals surface area contributed by atoms with Crippen molar-refractivity contribution in [3.8, 4) is 0 Å². The second kappa shape index (κ2) is 14.4. The molecule has 44 heavy (non-hydrogen) atoms. The van der Waals surface area contributed by atoms with Gasteiger partial charge in [-0.05, 0) is 31.2 Å². The average Bonchev–Trinajstić information content (AvgIpc) is 3.58. The highest BCUT2D eigenvalue weighted by atomic mass is 79.9. The molecule has 3 fully saturated rings. The molecule has 1 aromatic rings. The quantitative estimate of drug-likeness (QED) is 0.167. The second-order valence-electron chi connectivity index (χ2n) is 12.3. The van der Waals surface area contributed by atoms with E-state index in [4.69, 9.17) is 9.47 Å². The van der Waals surface area contributed by atoms with Gasteiger partial charge in [-0.1, -0.05) is 72.3 Å². The first-order chi connectivity index (χ1) is 21.0. The number of nitrogens with one attached hydrogen (secondary N) is 1. The smallest absolute Gasteiger partial charge is 0.312 e. The van der Waals surface area contributed by atoms with E-state index in [1.54, 1.807) is 24.0 Å². The molecular formula is C33H44BrN3O7. The van der Waals surface area contributed by atoms with Gasteiger partial charge in [-0.3, -0.25) is 19.2 Å². The summed E-state index contributed by atoms with van der Waals surface area (Å²) in [5.74, 6) is -3.62. The number of fused-ring (bicyclic) bond motifs is 1. The van der Waals surface area contributed by atoms with Crippen LogP contribution in [0.1, 0.15) is 45.6 Å². The van der Waals surface area contributed by atoms with Gasteiger partial charge >= 0.3 is 5.97 Å². The number of esters is 1. The van der Waals surface area contributed by atoms with E-state index in [9.17, 15) is 24.3 Å². The zero-order valence-electron chi connectivity index (χ0n) is 25.7. The largest absolute Gasteiger partial charge is 0.460 e. The SMILES string of the molecule is C=CCCC(=O)NC[C@H](C)OC(=O)[C@@H]1[C@H]2O[C@@]3(CC2Br)[C@H](C(=O)N(CC=C)Cc2ccccc2)N([C@@H](CO)C(C)C)C(=O)[C@@H]13. The lowest BCUT2D eigenvalue weighted by molar-refractivity contribution is -0.160. The number of alkyl halides is 1. The minimum Gasteiger partial charge on any atom is -0.460 e. The van der Waals surface area contributed by atoms with Crippen molar-refractivity contribution < 1.29 is 33.8 Å².